The summed E-state index contributed by atoms with van der Waals surface area (Å²) in [6.07, 6.45) is 1.76. The van der Waals surface area contributed by atoms with Crippen molar-refractivity contribution in [3.05, 3.63) is 77.1 Å². The number of nitrogens with zero attached hydrogens (tertiary/aromatic N) is 2. The van der Waals surface area contributed by atoms with Crippen LogP contribution in [0.15, 0.2) is 65.9 Å². The van der Waals surface area contributed by atoms with E-state index in [0.29, 0.717) is 17.1 Å². The largest absolute Gasteiger partial charge is 0.455 e. The fraction of sp³-hybridized carbons (Fsp3) is 0.217. The minimum absolute atomic E-state index is 0.0134. The first kappa shape index (κ1) is 18.5. The van der Waals surface area contributed by atoms with Crippen molar-refractivity contribution in [3.8, 4) is 11.8 Å². The Labute approximate surface area is 160 Å². The van der Waals surface area contributed by atoms with Gasteiger partial charge in [-0.2, -0.15) is 5.26 Å². The molecule has 0 unspecified atom stereocenters. The van der Waals surface area contributed by atoms with E-state index >= 15 is 0 Å². The third-order valence-electron chi connectivity index (χ3n) is 4.71. The Morgan fingerprint density at radius 1 is 1.11 bits per heavy atom. The molecule has 0 atom stereocenters. The average Bonchev–Trinajstić information content (AvgIpc) is 2.70. The van der Waals surface area contributed by atoms with Gasteiger partial charge in [0, 0.05) is 36.0 Å². The number of Topliss-reactive ketones (excluding diaryl/α,β-unsaturated/α-hetero) is 1. The normalized spacial score (nSPS) is 14.4. The lowest BCUT2D eigenvalue weighted by atomic mass is 9.98. The minimum Gasteiger partial charge on any atom is -0.455 e. The van der Waals surface area contributed by atoms with Crippen LogP contribution in [-0.4, -0.2) is 18.9 Å². The van der Waals surface area contributed by atoms with Gasteiger partial charge in [-0.1, -0.05) is 30.3 Å². The number of carbonyl (C=O) groups is 1. The molecule has 0 amide bonds. The fourth-order valence-electron chi connectivity index (χ4n) is 3.20. The molecule has 4 nitrogen and oxygen atoms in total. The first-order valence-corrected chi connectivity index (χ1v) is 9.08. The van der Waals surface area contributed by atoms with Gasteiger partial charge in [0.1, 0.15) is 23.2 Å². The molecule has 0 saturated carbocycles. The summed E-state index contributed by atoms with van der Waals surface area (Å²) in [7, 11) is 0. The second-order valence-corrected chi connectivity index (χ2v) is 6.33. The Morgan fingerprint density at radius 2 is 1.81 bits per heavy atom. The van der Waals surface area contributed by atoms with E-state index in [1.54, 1.807) is 30.3 Å². The van der Waals surface area contributed by atoms with E-state index in [2.05, 4.69) is 24.8 Å². The molecule has 0 bridgehead atoms. The summed E-state index contributed by atoms with van der Waals surface area (Å²) < 4.78 is 6.01. The van der Waals surface area contributed by atoms with Gasteiger partial charge in [-0.3, -0.25) is 4.79 Å². The number of benzene rings is 2. The van der Waals surface area contributed by atoms with Crippen LogP contribution in [-0.2, 0) is 0 Å². The zero-order valence-corrected chi connectivity index (χ0v) is 15.8. The summed E-state index contributed by atoms with van der Waals surface area (Å²) >= 11 is 0. The van der Waals surface area contributed by atoms with Gasteiger partial charge >= 0.3 is 0 Å². The molecule has 1 aliphatic heterocycles. The highest BCUT2D eigenvalue weighted by Gasteiger charge is 2.23. The highest BCUT2D eigenvalue weighted by molar-refractivity contribution is 6.12. The Kier molecular flexibility index (Phi) is 5.42. The molecule has 0 radical (unpaired) electrons. The van der Waals surface area contributed by atoms with Crippen molar-refractivity contribution in [1.29, 1.82) is 5.26 Å². The predicted octanol–water partition coefficient (Wildman–Crippen LogP) is 4.99. The maximum absolute atomic E-state index is 12.8. The van der Waals surface area contributed by atoms with Crippen molar-refractivity contribution in [2.45, 2.75) is 20.8 Å². The molecule has 136 valence electrons. The quantitative estimate of drug-likeness (QED) is 0.429. The second kappa shape index (κ2) is 7.92. The van der Waals surface area contributed by atoms with Crippen LogP contribution < -0.4 is 9.64 Å². The first-order chi connectivity index (χ1) is 13.1. The number of nitriles is 1. The van der Waals surface area contributed by atoms with E-state index in [1.165, 1.54) is 0 Å². The van der Waals surface area contributed by atoms with Gasteiger partial charge < -0.3 is 9.64 Å². The second-order valence-electron chi connectivity index (χ2n) is 6.33. The van der Waals surface area contributed by atoms with E-state index in [4.69, 9.17) is 4.74 Å². The van der Waals surface area contributed by atoms with Crippen LogP contribution >= 0.6 is 0 Å². The van der Waals surface area contributed by atoms with Crippen LogP contribution in [0.4, 0.5) is 5.69 Å². The van der Waals surface area contributed by atoms with Crippen molar-refractivity contribution in [1.82, 2.24) is 0 Å². The number of allylic oxidation sites excluding steroid dienone is 3. The minimum atomic E-state index is -0.333. The monoisotopic (exact) mass is 358 g/mol. The van der Waals surface area contributed by atoms with Gasteiger partial charge in [-0.05, 0) is 44.6 Å². The van der Waals surface area contributed by atoms with E-state index in [0.717, 1.165) is 29.9 Å². The van der Waals surface area contributed by atoms with E-state index in [-0.39, 0.29) is 11.4 Å². The van der Waals surface area contributed by atoms with Crippen LogP contribution in [0.1, 0.15) is 36.7 Å². The Bertz CT molecular complexity index is 962. The molecule has 0 spiro atoms. The average molecular weight is 358 g/mol. The summed E-state index contributed by atoms with van der Waals surface area (Å²) in [5.41, 5.74) is 3.48. The molecule has 4 heteroatoms. The zero-order valence-electron chi connectivity index (χ0n) is 15.8. The lowest BCUT2D eigenvalue weighted by Gasteiger charge is -2.25. The van der Waals surface area contributed by atoms with Gasteiger partial charge in [0.2, 0.25) is 5.78 Å². The first-order valence-electron chi connectivity index (χ1n) is 9.08. The Hall–Kier alpha value is -3.32. The van der Waals surface area contributed by atoms with E-state index in [9.17, 15) is 10.1 Å². The molecule has 0 aliphatic carbocycles. The number of hydrogen-bond acceptors (Lipinski definition) is 4. The Morgan fingerprint density at radius 3 is 2.44 bits per heavy atom. The van der Waals surface area contributed by atoms with Crippen LogP contribution in [0, 0.1) is 11.3 Å². The van der Waals surface area contributed by atoms with Crippen LogP contribution in [0.25, 0.3) is 5.57 Å². The lowest BCUT2D eigenvalue weighted by Crippen LogP contribution is -2.22. The molecule has 0 saturated heterocycles. The number of rotatable bonds is 5. The molecule has 0 aromatic heterocycles. The molecule has 1 aliphatic rings. The lowest BCUT2D eigenvalue weighted by molar-refractivity contribution is 0.103. The SMILES string of the molecule is CCN(CC)c1ccc2c(c1)O/C(=C(\C#N)C(=O)c1ccccc1)C=C2C. The summed E-state index contributed by atoms with van der Waals surface area (Å²) in [5.74, 6) is 0.636. The zero-order chi connectivity index (χ0) is 19.4. The smallest absolute Gasteiger partial charge is 0.207 e. The van der Waals surface area contributed by atoms with Crippen molar-refractivity contribution in [3.63, 3.8) is 0 Å². The maximum atomic E-state index is 12.8. The Balaban J connectivity index is 2.04. The predicted molar refractivity (Wildman–Crippen MR) is 108 cm³/mol. The number of ketones is 1. The maximum Gasteiger partial charge on any atom is 0.207 e. The van der Waals surface area contributed by atoms with Gasteiger partial charge in [0.25, 0.3) is 0 Å². The molecule has 0 fully saturated rings. The van der Waals surface area contributed by atoms with Crippen LogP contribution in [0.5, 0.6) is 5.75 Å². The number of anilines is 1. The highest BCUT2D eigenvalue weighted by Crippen LogP contribution is 2.37. The molecule has 2 aromatic carbocycles. The third kappa shape index (κ3) is 3.63. The standard InChI is InChI=1S/C23H22N2O2/c1-4-25(5-2)18-11-12-19-16(3)13-21(27-22(19)14-18)20(15-24)23(26)17-9-7-6-8-10-17/h6-14H,4-5H2,1-3H3/b21-20+. The topological polar surface area (TPSA) is 53.3 Å². The summed E-state index contributed by atoms with van der Waals surface area (Å²) in [6.45, 7) is 7.95. The van der Waals surface area contributed by atoms with Crippen LogP contribution in [0.3, 0.4) is 0 Å². The molecular formula is C23H22N2O2. The number of hydrogen-bond donors (Lipinski definition) is 0. The van der Waals surface area contributed by atoms with Crippen molar-refractivity contribution < 1.29 is 9.53 Å². The molecule has 27 heavy (non-hydrogen) atoms. The summed E-state index contributed by atoms with van der Waals surface area (Å²) in [4.78, 5) is 15.0. The van der Waals surface area contributed by atoms with E-state index in [1.807, 2.05) is 31.2 Å². The van der Waals surface area contributed by atoms with Gasteiger partial charge in [-0.15, -0.1) is 0 Å². The van der Waals surface area contributed by atoms with Crippen molar-refractivity contribution >= 4 is 17.0 Å². The van der Waals surface area contributed by atoms with Crippen molar-refractivity contribution in [2.24, 2.45) is 0 Å². The van der Waals surface area contributed by atoms with E-state index < -0.39 is 0 Å². The molecule has 0 N–H and O–H groups in total. The summed E-state index contributed by atoms with van der Waals surface area (Å²) in [5, 5.41) is 9.62. The number of ether oxygens (including phenoxy) is 1. The van der Waals surface area contributed by atoms with Crippen molar-refractivity contribution in [2.75, 3.05) is 18.0 Å². The molecule has 1 heterocycles. The van der Waals surface area contributed by atoms with Crippen LogP contribution in [0.2, 0.25) is 0 Å². The van der Waals surface area contributed by atoms with Gasteiger partial charge in [-0.25, -0.2) is 0 Å². The summed E-state index contributed by atoms with van der Waals surface area (Å²) in [6, 6.07) is 16.9. The van der Waals surface area contributed by atoms with Gasteiger partial charge in [0.05, 0.1) is 0 Å². The highest BCUT2D eigenvalue weighted by atomic mass is 16.5. The number of carbonyl (C=O) groups excluding carboxylic acids is 1. The fourth-order valence-corrected chi connectivity index (χ4v) is 3.20. The molecule has 3 rings (SSSR count). The van der Waals surface area contributed by atoms with Gasteiger partial charge in [0.15, 0.2) is 0 Å². The molecule has 2 aromatic rings. The third-order valence-corrected chi connectivity index (χ3v) is 4.71. The molecular weight excluding hydrogens is 336 g/mol. The number of fused-ring (bicyclic) bond motifs is 1.